The van der Waals surface area contributed by atoms with Crippen molar-refractivity contribution in [3.05, 3.63) is 34.1 Å². The van der Waals surface area contributed by atoms with Crippen LogP contribution in [0.5, 0.6) is 0 Å². The first-order chi connectivity index (χ1) is 13.8. The average molecular weight is 393 g/mol. The molecule has 0 bridgehead atoms. The molecule has 0 amide bonds. The van der Waals surface area contributed by atoms with Crippen molar-refractivity contribution in [1.29, 1.82) is 0 Å². The van der Waals surface area contributed by atoms with Gasteiger partial charge in [0.05, 0.1) is 0 Å². The molecule has 3 aliphatic carbocycles. The topological polar surface area (TPSA) is 13.1 Å². The summed E-state index contributed by atoms with van der Waals surface area (Å²) in [6.45, 7) is 12.4. The normalized spacial score (nSPS) is 29.1. The van der Waals surface area contributed by atoms with E-state index in [1.54, 1.807) is 22.3 Å². The lowest BCUT2D eigenvalue weighted by atomic mass is 9.50. The van der Waals surface area contributed by atoms with Crippen LogP contribution in [0, 0.1) is 11.3 Å². The second-order valence-electron chi connectivity index (χ2n) is 11.6. The van der Waals surface area contributed by atoms with Crippen molar-refractivity contribution in [2.45, 2.75) is 117 Å². The van der Waals surface area contributed by atoms with Crippen LogP contribution in [0.4, 0.5) is 0 Å². The van der Waals surface area contributed by atoms with Gasteiger partial charge in [-0.25, -0.2) is 0 Å². The fourth-order valence-electron chi connectivity index (χ4n) is 7.64. The lowest BCUT2D eigenvalue weighted by molar-refractivity contribution is 0.0406. The quantitative estimate of drug-likeness (QED) is 0.476. The summed E-state index contributed by atoms with van der Waals surface area (Å²) in [4.78, 5) is 0. The molecule has 29 heavy (non-hydrogen) atoms. The van der Waals surface area contributed by atoms with Crippen LogP contribution >= 0.6 is 0 Å². The van der Waals surface area contributed by atoms with Crippen molar-refractivity contribution in [3.63, 3.8) is 0 Å². The summed E-state index contributed by atoms with van der Waals surface area (Å²) in [6, 6.07) is 2.63. The minimum absolute atomic E-state index is 0.332. The zero-order valence-electron chi connectivity index (χ0n) is 19.4. The summed E-state index contributed by atoms with van der Waals surface area (Å²) >= 11 is 0. The van der Waals surface area contributed by atoms with Gasteiger partial charge in [-0.15, -0.1) is 0 Å². The van der Waals surface area contributed by atoms with Crippen LogP contribution in [0.1, 0.15) is 120 Å². The highest BCUT2D eigenvalue weighted by Crippen LogP contribution is 2.58. The third kappa shape index (κ3) is 2.94. The van der Waals surface area contributed by atoms with Crippen LogP contribution < -0.4 is 0 Å². The van der Waals surface area contributed by atoms with Gasteiger partial charge in [-0.1, -0.05) is 53.9 Å². The number of benzene rings is 1. The highest BCUT2D eigenvalue weighted by atomic mass is 16.3. The summed E-state index contributed by atoms with van der Waals surface area (Å²) in [5.74, 6) is 2.65. The Morgan fingerprint density at radius 2 is 1.66 bits per heavy atom. The van der Waals surface area contributed by atoms with E-state index in [-0.39, 0.29) is 0 Å². The van der Waals surface area contributed by atoms with Gasteiger partial charge in [-0.2, -0.15) is 0 Å². The lowest BCUT2D eigenvalue weighted by Gasteiger charge is -2.54. The highest BCUT2D eigenvalue weighted by molar-refractivity contribution is 5.88. The van der Waals surface area contributed by atoms with Gasteiger partial charge in [-0.05, 0) is 84.8 Å². The Balaban J connectivity index is 1.77. The van der Waals surface area contributed by atoms with Crippen molar-refractivity contribution in [2.24, 2.45) is 11.3 Å². The Kier molecular flexibility index (Phi) is 4.68. The Labute approximate surface area is 177 Å². The van der Waals surface area contributed by atoms with E-state index in [1.807, 2.05) is 0 Å². The summed E-state index contributed by atoms with van der Waals surface area (Å²) < 4.78 is 6.69. The van der Waals surface area contributed by atoms with Crippen LogP contribution in [0.25, 0.3) is 11.0 Å². The van der Waals surface area contributed by atoms with Gasteiger partial charge in [-0.3, -0.25) is 0 Å². The fourth-order valence-corrected chi connectivity index (χ4v) is 7.64. The van der Waals surface area contributed by atoms with Gasteiger partial charge in [0, 0.05) is 22.9 Å². The van der Waals surface area contributed by atoms with E-state index in [1.165, 1.54) is 80.9 Å². The summed E-state index contributed by atoms with van der Waals surface area (Å²) in [6.07, 6.45) is 14.4. The highest BCUT2D eigenvalue weighted by Gasteiger charge is 2.50. The Morgan fingerprint density at radius 3 is 2.41 bits per heavy atom. The number of hydrogen-bond donors (Lipinski definition) is 0. The van der Waals surface area contributed by atoms with Gasteiger partial charge in [0.2, 0.25) is 0 Å². The summed E-state index contributed by atoms with van der Waals surface area (Å²) in [5, 5.41) is 1.48. The fraction of sp³-hybridized carbons (Fsp3) is 0.714. The van der Waals surface area contributed by atoms with E-state index < -0.39 is 0 Å². The first kappa shape index (κ1) is 19.7. The van der Waals surface area contributed by atoms with E-state index >= 15 is 0 Å². The zero-order valence-corrected chi connectivity index (χ0v) is 19.4. The van der Waals surface area contributed by atoms with Gasteiger partial charge in [0.15, 0.2) is 0 Å². The molecular weight excluding hydrogens is 352 g/mol. The molecule has 1 heterocycles. The van der Waals surface area contributed by atoms with E-state index in [9.17, 15) is 0 Å². The molecule has 3 aliphatic rings. The molecule has 2 aromatic rings. The molecule has 2 atom stereocenters. The minimum Gasteiger partial charge on any atom is -0.460 e. The van der Waals surface area contributed by atoms with Crippen molar-refractivity contribution in [3.8, 4) is 0 Å². The van der Waals surface area contributed by atoms with Gasteiger partial charge < -0.3 is 4.42 Å². The number of aryl methyl sites for hydroxylation is 2. The largest absolute Gasteiger partial charge is 0.460 e. The molecule has 0 radical (unpaired) electrons. The molecule has 1 fully saturated rings. The van der Waals surface area contributed by atoms with Gasteiger partial charge >= 0.3 is 0 Å². The number of furan rings is 1. The molecule has 158 valence electrons. The SMILES string of the molecule is CC(C)c1c2c(cc3c4c(oc13)CCCCCC4)[C@@]1(C)CCCC(C)(C)C1CC2. The molecule has 5 rings (SSSR count). The third-order valence-electron chi connectivity index (χ3n) is 9.00. The third-order valence-corrected chi connectivity index (χ3v) is 9.00. The molecule has 1 saturated carbocycles. The van der Waals surface area contributed by atoms with Crippen molar-refractivity contribution in [2.75, 3.05) is 0 Å². The standard InChI is InChI=1S/C28H40O/c1-18(2)25-20-13-14-24-27(3,4)15-10-16-28(24,5)22(20)17-21-19-11-8-6-7-9-12-23(19)29-26(21)25/h17-18,24H,6-16H2,1-5H3/t24?,28-/m1/s1. The maximum Gasteiger partial charge on any atom is 0.138 e. The smallest absolute Gasteiger partial charge is 0.138 e. The molecule has 0 spiro atoms. The number of hydrogen-bond acceptors (Lipinski definition) is 1. The van der Waals surface area contributed by atoms with Crippen LogP contribution in [0.15, 0.2) is 10.5 Å². The second-order valence-corrected chi connectivity index (χ2v) is 11.6. The van der Waals surface area contributed by atoms with E-state index in [4.69, 9.17) is 4.42 Å². The number of rotatable bonds is 1. The maximum absolute atomic E-state index is 6.69. The van der Waals surface area contributed by atoms with Crippen LogP contribution in [-0.2, 0) is 24.7 Å². The zero-order chi connectivity index (χ0) is 20.4. The molecule has 1 aromatic carbocycles. The monoisotopic (exact) mass is 392 g/mol. The maximum atomic E-state index is 6.69. The second kappa shape index (κ2) is 6.89. The minimum atomic E-state index is 0.332. The van der Waals surface area contributed by atoms with Crippen molar-refractivity contribution in [1.82, 2.24) is 0 Å². The predicted molar refractivity (Wildman–Crippen MR) is 123 cm³/mol. The molecule has 1 nitrogen and oxygen atoms in total. The molecule has 1 unspecified atom stereocenters. The van der Waals surface area contributed by atoms with Crippen LogP contribution in [-0.4, -0.2) is 0 Å². The van der Waals surface area contributed by atoms with Crippen LogP contribution in [0.2, 0.25) is 0 Å². The molecular formula is C28H40O. The first-order valence-corrected chi connectivity index (χ1v) is 12.4. The molecule has 0 aliphatic heterocycles. The van der Waals surface area contributed by atoms with Crippen molar-refractivity contribution >= 4 is 11.0 Å². The molecule has 1 aromatic heterocycles. The average Bonchev–Trinajstić information content (AvgIpc) is 2.95. The molecule has 1 heteroatoms. The van der Waals surface area contributed by atoms with Crippen LogP contribution in [0.3, 0.4) is 0 Å². The number of fused-ring (bicyclic) bond motifs is 6. The Bertz CT molecular complexity index is 928. The van der Waals surface area contributed by atoms with Gasteiger partial charge in [0.1, 0.15) is 11.3 Å². The molecule has 0 saturated heterocycles. The predicted octanol–water partition coefficient (Wildman–Crippen LogP) is 8.25. The Morgan fingerprint density at radius 1 is 0.897 bits per heavy atom. The summed E-state index contributed by atoms with van der Waals surface area (Å²) in [5.41, 5.74) is 8.51. The van der Waals surface area contributed by atoms with E-state index in [2.05, 4.69) is 40.7 Å². The van der Waals surface area contributed by atoms with Gasteiger partial charge in [0.25, 0.3) is 0 Å². The molecule has 0 N–H and O–H groups in total. The Hall–Kier alpha value is -1.24. The first-order valence-electron chi connectivity index (χ1n) is 12.4. The van der Waals surface area contributed by atoms with E-state index in [0.717, 1.165) is 12.3 Å². The van der Waals surface area contributed by atoms with E-state index in [0.29, 0.717) is 16.7 Å². The lowest BCUT2D eigenvalue weighted by Crippen LogP contribution is -2.48. The summed E-state index contributed by atoms with van der Waals surface area (Å²) in [7, 11) is 0. The van der Waals surface area contributed by atoms with Crippen molar-refractivity contribution < 1.29 is 4.42 Å².